The normalized spacial score (nSPS) is 25.0. The lowest BCUT2D eigenvalue weighted by molar-refractivity contribution is -0.142. The summed E-state index contributed by atoms with van der Waals surface area (Å²) in [6, 6.07) is -0.404. The monoisotopic (exact) mass is 515 g/mol. The van der Waals surface area contributed by atoms with E-state index in [9.17, 15) is 19.5 Å². The molecule has 0 aromatic carbocycles. The predicted octanol–water partition coefficient (Wildman–Crippen LogP) is 3.34. The highest BCUT2D eigenvalue weighted by Crippen LogP contribution is 2.36. The molecule has 9 nitrogen and oxygen atoms in total. The van der Waals surface area contributed by atoms with Gasteiger partial charge in [0, 0.05) is 62.5 Å². The summed E-state index contributed by atoms with van der Waals surface area (Å²) in [5.74, 6) is -1.24. The summed E-state index contributed by atoms with van der Waals surface area (Å²) in [7, 11) is 0. The molecule has 2 unspecified atom stereocenters. The number of carboxylic acid groups (broad SMARTS) is 1. The van der Waals surface area contributed by atoms with Crippen molar-refractivity contribution in [1.29, 1.82) is 0 Å². The molecule has 3 atom stereocenters. The average Bonchev–Trinajstić information content (AvgIpc) is 3.30. The molecule has 2 saturated heterocycles. The van der Waals surface area contributed by atoms with E-state index in [1.807, 2.05) is 15.7 Å². The van der Waals surface area contributed by atoms with Gasteiger partial charge in [0.2, 0.25) is 11.8 Å². The van der Waals surface area contributed by atoms with Crippen molar-refractivity contribution in [1.82, 2.24) is 25.1 Å². The predicted molar refractivity (Wildman–Crippen MR) is 141 cm³/mol. The van der Waals surface area contributed by atoms with E-state index in [1.165, 1.54) is 38.5 Å². The molecule has 2 amide bonds. The second kappa shape index (κ2) is 13.4. The topological polar surface area (TPSA) is 117 Å². The molecule has 3 aliphatic rings. The molecule has 37 heavy (non-hydrogen) atoms. The number of rotatable bonds is 11. The van der Waals surface area contributed by atoms with Crippen molar-refractivity contribution in [3.8, 4) is 0 Å². The third kappa shape index (κ3) is 8.03. The lowest BCUT2D eigenvalue weighted by Crippen LogP contribution is -2.55. The zero-order chi connectivity index (χ0) is 26.1. The van der Waals surface area contributed by atoms with E-state index < -0.39 is 12.0 Å². The molecule has 1 spiro atoms. The maximum absolute atomic E-state index is 13.1. The van der Waals surface area contributed by atoms with Gasteiger partial charge in [0.15, 0.2) is 0 Å². The number of amides is 2. The highest BCUT2D eigenvalue weighted by Gasteiger charge is 2.38. The number of unbranched alkanes of at least 4 members (excludes halogenated alkanes) is 1. The Hall–Kier alpha value is -2.42. The lowest BCUT2D eigenvalue weighted by Gasteiger charge is -2.43. The maximum Gasteiger partial charge on any atom is 0.305 e. The fraction of sp³-hybridized carbons (Fsp3) is 0.786. The summed E-state index contributed by atoms with van der Waals surface area (Å²) < 4.78 is 2.04. The van der Waals surface area contributed by atoms with Gasteiger partial charge in [-0.15, -0.1) is 0 Å². The van der Waals surface area contributed by atoms with Gasteiger partial charge >= 0.3 is 5.97 Å². The van der Waals surface area contributed by atoms with Crippen LogP contribution in [0.5, 0.6) is 0 Å². The second-order valence-corrected chi connectivity index (χ2v) is 11.5. The van der Waals surface area contributed by atoms with Gasteiger partial charge < -0.3 is 25.2 Å². The lowest BCUT2D eigenvalue weighted by atomic mass is 9.76. The molecule has 3 fully saturated rings. The quantitative estimate of drug-likeness (QED) is 0.389. The van der Waals surface area contributed by atoms with Gasteiger partial charge in [-0.1, -0.05) is 25.7 Å². The second-order valence-electron chi connectivity index (χ2n) is 11.5. The molecule has 4 rings (SSSR count). The number of piperidine rings is 2. The van der Waals surface area contributed by atoms with Gasteiger partial charge in [-0.2, -0.15) is 0 Å². The summed E-state index contributed by atoms with van der Waals surface area (Å²) >= 11 is 0. The first-order chi connectivity index (χ1) is 17.9. The highest BCUT2D eigenvalue weighted by molar-refractivity contribution is 5.86. The number of likely N-dealkylation sites (tertiary alicyclic amines) is 1. The smallest absolute Gasteiger partial charge is 0.305 e. The minimum atomic E-state index is -0.893. The summed E-state index contributed by atoms with van der Waals surface area (Å²) in [6.07, 6.45) is 18.6. The molecule has 9 heteroatoms. The molecule has 0 bridgehead atoms. The van der Waals surface area contributed by atoms with E-state index in [1.54, 1.807) is 12.5 Å². The van der Waals surface area contributed by atoms with Crippen molar-refractivity contribution in [2.45, 2.75) is 108 Å². The van der Waals surface area contributed by atoms with Crippen molar-refractivity contribution in [3.63, 3.8) is 0 Å². The number of carboxylic acids is 1. The first kappa shape index (κ1) is 27.6. The van der Waals surface area contributed by atoms with Gasteiger partial charge in [0.05, 0.1) is 12.7 Å². The largest absolute Gasteiger partial charge is 0.481 e. The van der Waals surface area contributed by atoms with Crippen molar-refractivity contribution < 1.29 is 19.5 Å². The molecular formula is C28H45N5O4. The molecule has 2 aliphatic heterocycles. The standard InChI is InChI=1S/C28H45N5O4/c34-25(18-22-8-7-16-33(27(22)37)15-6-5-14-32-17-13-29-21-32)31-24(19-26(35)36)23-9-12-28(30-20-23)10-3-1-2-4-11-28/h13,17,21-24,30H,1-12,14-16,18-20H2,(H,31,34)(H,35,36)/t22?,23?,24-/m0/s1. The first-order valence-electron chi connectivity index (χ1n) is 14.4. The number of nitrogens with one attached hydrogen (secondary N) is 2. The summed E-state index contributed by atoms with van der Waals surface area (Å²) in [5, 5.41) is 16.3. The van der Waals surface area contributed by atoms with Crippen LogP contribution in [0.25, 0.3) is 0 Å². The Kier molecular flexibility index (Phi) is 10.00. The van der Waals surface area contributed by atoms with E-state index in [4.69, 9.17) is 0 Å². The number of imidazole rings is 1. The first-order valence-corrected chi connectivity index (χ1v) is 14.4. The Labute approximate surface area is 220 Å². The van der Waals surface area contributed by atoms with Crippen LogP contribution in [0.15, 0.2) is 18.7 Å². The molecule has 0 radical (unpaired) electrons. The molecule has 1 aromatic heterocycles. The van der Waals surface area contributed by atoms with E-state index in [0.717, 1.165) is 58.2 Å². The summed E-state index contributed by atoms with van der Waals surface area (Å²) in [6.45, 7) is 3.09. The van der Waals surface area contributed by atoms with Gasteiger partial charge in [-0.05, 0) is 57.3 Å². The van der Waals surface area contributed by atoms with Crippen LogP contribution in [0.1, 0.15) is 89.9 Å². The number of carbonyl (C=O) groups is 3. The molecule has 1 aromatic rings. The number of hydrogen-bond acceptors (Lipinski definition) is 5. The molecule has 3 N–H and O–H groups in total. The number of nitrogens with zero attached hydrogens (tertiary/aromatic N) is 3. The summed E-state index contributed by atoms with van der Waals surface area (Å²) in [5.41, 5.74) is 0.196. The third-order valence-corrected chi connectivity index (χ3v) is 8.83. The molecule has 1 aliphatic carbocycles. The van der Waals surface area contributed by atoms with Crippen LogP contribution in [0, 0.1) is 11.8 Å². The van der Waals surface area contributed by atoms with Gasteiger partial charge in [0.1, 0.15) is 0 Å². The van der Waals surface area contributed by atoms with Gasteiger partial charge in [0.25, 0.3) is 0 Å². The Morgan fingerprint density at radius 2 is 1.89 bits per heavy atom. The number of hydrogen-bond donors (Lipinski definition) is 3. The third-order valence-electron chi connectivity index (χ3n) is 8.83. The van der Waals surface area contributed by atoms with Crippen molar-refractivity contribution >= 4 is 17.8 Å². The molecule has 1 saturated carbocycles. The molecular weight excluding hydrogens is 470 g/mol. The van der Waals surface area contributed by atoms with E-state index >= 15 is 0 Å². The van der Waals surface area contributed by atoms with Crippen LogP contribution in [0.2, 0.25) is 0 Å². The van der Waals surface area contributed by atoms with Crippen LogP contribution >= 0.6 is 0 Å². The Bertz CT molecular complexity index is 871. The van der Waals surface area contributed by atoms with Crippen LogP contribution < -0.4 is 10.6 Å². The van der Waals surface area contributed by atoms with Crippen LogP contribution in [0.4, 0.5) is 0 Å². The van der Waals surface area contributed by atoms with Crippen LogP contribution in [0.3, 0.4) is 0 Å². The van der Waals surface area contributed by atoms with Crippen LogP contribution in [-0.2, 0) is 20.9 Å². The molecule has 3 heterocycles. The van der Waals surface area contributed by atoms with Crippen molar-refractivity contribution in [3.05, 3.63) is 18.7 Å². The number of aryl methyl sites for hydroxylation is 1. The van der Waals surface area contributed by atoms with E-state index in [2.05, 4.69) is 15.6 Å². The number of aliphatic carboxylic acids is 1. The van der Waals surface area contributed by atoms with E-state index in [-0.39, 0.29) is 42.0 Å². The Morgan fingerprint density at radius 1 is 1.11 bits per heavy atom. The van der Waals surface area contributed by atoms with E-state index in [0.29, 0.717) is 6.54 Å². The average molecular weight is 516 g/mol. The SMILES string of the molecule is O=C(O)C[C@H](NC(=O)CC1CCCN(CCCCn2ccnc2)C1=O)C1CCC2(CCCCCC2)NC1. The minimum absolute atomic E-state index is 0.0634. The summed E-state index contributed by atoms with van der Waals surface area (Å²) in [4.78, 5) is 43.7. The minimum Gasteiger partial charge on any atom is -0.481 e. The fourth-order valence-corrected chi connectivity index (χ4v) is 6.64. The fourth-order valence-electron chi connectivity index (χ4n) is 6.64. The highest BCUT2D eigenvalue weighted by atomic mass is 16.4. The van der Waals surface area contributed by atoms with Crippen LogP contribution in [-0.4, -0.2) is 68.6 Å². The zero-order valence-corrected chi connectivity index (χ0v) is 22.2. The number of carbonyl (C=O) groups excluding carboxylic acids is 2. The van der Waals surface area contributed by atoms with Crippen molar-refractivity contribution in [2.75, 3.05) is 19.6 Å². The number of aromatic nitrogens is 2. The Balaban J connectivity index is 1.24. The van der Waals surface area contributed by atoms with Crippen molar-refractivity contribution in [2.24, 2.45) is 11.8 Å². The van der Waals surface area contributed by atoms with Gasteiger partial charge in [-0.3, -0.25) is 14.4 Å². The Morgan fingerprint density at radius 3 is 2.57 bits per heavy atom. The maximum atomic E-state index is 13.1. The zero-order valence-electron chi connectivity index (χ0n) is 22.2. The molecule has 206 valence electrons. The van der Waals surface area contributed by atoms with Gasteiger partial charge in [-0.25, -0.2) is 4.98 Å².